The van der Waals surface area contributed by atoms with E-state index >= 15 is 0 Å². The zero-order chi connectivity index (χ0) is 21.6. The predicted octanol–water partition coefficient (Wildman–Crippen LogP) is 8.51. The molecule has 1 heteroatoms. The van der Waals surface area contributed by atoms with Gasteiger partial charge in [0.2, 0.25) is 0 Å². The molecule has 0 aliphatic heterocycles. The summed E-state index contributed by atoms with van der Waals surface area (Å²) in [6.45, 7) is 6.96. The highest BCUT2D eigenvalue weighted by molar-refractivity contribution is 4.79. The minimum absolute atomic E-state index is 0.554. The van der Waals surface area contributed by atoms with Gasteiger partial charge in [-0.2, -0.15) is 0 Å². The summed E-state index contributed by atoms with van der Waals surface area (Å²) in [5.74, 6) is 0. The van der Waals surface area contributed by atoms with Gasteiger partial charge in [0, 0.05) is 19.3 Å². The summed E-state index contributed by atoms with van der Waals surface area (Å²) >= 11 is 0. The van der Waals surface area contributed by atoms with Crippen LogP contribution in [-0.2, 0) is 0 Å². The van der Waals surface area contributed by atoms with E-state index in [1.165, 1.54) is 141 Å². The molecule has 0 radical (unpaired) electrons. The summed E-state index contributed by atoms with van der Waals surface area (Å²) < 4.78 is 0. The molecule has 0 amide bonds. The molecule has 0 rings (SSSR count). The number of rotatable bonds is 23. The summed E-state index contributed by atoms with van der Waals surface area (Å²) in [4.78, 5) is 1.74. The Morgan fingerprint density at radius 2 is 0.621 bits per heavy atom. The molecule has 1 nitrogen and oxygen atoms in total. The fourth-order valence-corrected chi connectivity index (χ4v) is 5.03. The molecule has 0 spiro atoms. The molecular weight excluding hydrogens is 350 g/mol. The van der Waals surface area contributed by atoms with Gasteiger partial charge in [0.05, 0.1) is 19.6 Å². The van der Waals surface area contributed by atoms with Crippen molar-refractivity contribution < 1.29 is 4.90 Å². The van der Waals surface area contributed by atoms with Crippen molar-refractivity contribution in [2.45, 2.75) is 168 Å². The first-order valence-electron chi connectivity index (χ1n) is 13.9. The molecule has 29 heavy (non-hydrogen) atoms. The zero-order valence-electron chi connectivity index (χ0n) is 21.6. The highest BCUT2D eigenvalue weighted by Crippen LogP contribution is 2.27. The van der Waals surface area contributed by atoms with Crippen LogP contribution in [0.5, 0.6) is 0 Å². The van der Waals surface area contributed by atoms with Gasteiger partial charge in [0.1, 0.15) is 0 Å². The first kappa shape index (κ1) is 29.0. The van der Waals surface area contributed by atoms with Gasteiger partial charge in [0.25, 0.3) is 0 Å². The van der Waals surface area contributed by atoms with E-state index in [0.29, 0.717) is 5.54 Å². The van der Waals surface area contributed by atoms with Crippen molar-refractivity contribution in [3.05, 3.63) is 0 Å². The lowest BCUT2D eigenvalue weighted by Crippen LogP contribution is -3.15. The van der Waals surface area contributed by atoms with Gasteiger partial charge >= 0.3 is 0 Å². The Hall–Kier alpha value is -0.0400. The number of hydrogen-bond donors (Lipinski definition) is 1. The molecule has 0 heterocycles. The lowest BCUT2D eigenvalue weighted by atomic mass is 9.80. The van der Waals surface area contributed by atoms with E-state index in [4.69, 9.17) is 0 Å². The molecule has 0 fully saturated rings. The van der Waals surface area contributed by atoms with Crippen LogP contribution in [0.3, 0.4) is 0 Å². The van der Waals surface area contributed by atoms with Gasteiger partial charge in [-0.15, -0.1) is 0 Å². The third-order valence-electron chi connectivity index (χ3n) is 7.34. The quantitative estimate of drug-likeness (QED) is 0.161. The lowest BCUT2D eigenvalue weighted by molar-refractivity contribution is -0.917. The van der Waals surface area contributed by atoms with Crippen LogP contribution in [0.1, 0.15) is 162 Å². The molecule has 0 aliphatic rings. The monoisotopic (exact) mass is 410 g/mol. The van der Waals surface area contributed by atoms with E-state index < -0.39 is 0 Å². The summed E-state index contributed by atoms with van der Waals surface area (Å²) in [5, 5.41) is 0. The third kappa shape index (κ3) is 16.3. The van der Waals surface area contributed by atoms with E-state index in [-0.39, 0.29) is 0 Å². The molecule has 0 bridgehead atoms. The lowest BCUT2D eigenvalue weighted by Gasteiger charge is -2.38. The van der Waals surface area contributed by atoms with Crippen molar-refractivity contribution in [1.29, 1.82) is 0 Å². The van der Waals surface area contributed by atoms with Crippen molar-refractivity contribution in [2.75, 3.05) is 14.1 Å². The van der Waals surface area contributed by atoms with Gasteiger partial charge in [-0.3, -0.25) is 0 Å². The normalized spacial score (nSPS) is 12.2. The second kappa shape index (κ2) is 21.2. The maximum Gasteiger partial charge on any atom is 0.0972 e. The number of quaternary nitrogens is 1. The second-order valence-electron chi connectivity index (χ2n) is 10.2. The van der Waals surface area contributed by atoms with Crippen molar-refractivity contribution >= 4 is 0 Å². The molecule has 0 aromatic heterocycles. The molecule has 0 saturated carbocycles. The zero-order valence-corrected chi connectivity index (χ0v) is 21.6. The van der Waals surface area contributed by atoms with Crippen LogP contribution < -0.4 is 4.90 Å². The van der Waals surface area contributed by atoms with Gasteiger partial charge < -0.3 is 4.90 Å². The van der Waals surface area contributed by atoms with Crippen LogP contribution in [0.2, 0.25) is 0 Å². The number of unbranched alkanes of at least 4 members (excludes halogenated alkanes) is 16. The molecule has 0 aromatic carbocycles. The number of nitrogens with one attached hydrogen (secondary N) is 1. The van der Waals surface area contributed by atoms with Crippen LogP contribution in [0.4, 0.5) is 0 Å². The summed E-state index contributed by atoms with van der Waals surface area (Å²) in [6.07, 6.45) is 31.7. The first-order chi connectivity index (χ1) is 14.1. The average molecular weight is 411 g/mol. The average Bonchev–Trinajstić information content (AvgIpc) is 2.71. The van der Waals surface area contributed by atoms with Crippen LogP contribution in [-0.4, -0.2) is 19.6 Å². The van der Waals surface area contributed by atoms with Crippen molar-refractivity contribution in [3.8, 4) is 0 Å². The minimum Gasteiger partial charge on any atom is -0.335 e. The summed E-state index contributed by atoms with van der Waals surface area (Å²) in [7, 11) is 4.91. The van der Waals surface area contributed by atoms with Gasteiger partial charge in [-0.05, 0) is 19.3 Å². The highest BCUT2D eigenvalue weighted by atomic mass is 15.1. The summed E-state index contributed by atoms with van der Waals surface area (Å²) in [5.41, 5.74) is 0.554. The van der Waals surface area contributed by atoms with Gasteiger partial charge in [-0.25, -0.2) is 0 Å². The summed E-state index contributed by atoms with van der Waals surface area (Å²) in [6, 6.07) is 0. The Kier molecular flexibility index (Phi) is 21.2. The van der Waals surface area contributed by atoms with E-state index in [0.717, 1.165) is 0 Å². The number of hydrogen-bond acceptors (Lipinski definition) is 0. The Morgan fingerprint density at radius 3 is 0.862 bits per heavy atom. The maximum absolute atomic E-state index is 2.45. The standard InChI is InChI=1S/C28H59N/c1-6-9-12-15-18-21-24-27-28(29(4)5,25-22-19-16-13-10-7-2)26-23-20-17-14-11-8-3/h6-27H2,1-5H3/p+1. The first-order valence-corrected chi connectivity index (χ1v) is 13.9. The van der Waals surface area contributed by atoms with E-state index in [9.17, 15) is 0 Å². The third-order valence-corrected chi connectivity index (χ3v) is 7.34. The smallest absolute Gasteiger partial charge is 0.0972 e. The fourth-order valence-electron chi connectivity index (χ4n) is 5.03. The van der Waals surface area contributed by atoms with E-state index in [1.807, 2.05) is 0 Å². The molecule has 0 aliphatic carbocycles. The van der Waals surface area contributed by atoms with Gasteiger partial charge in [0.15, 0.2) is 0 Å². The van der Waals surface area contributed by atoms with Crippen LogP contribution in [0.15, 0.2) is 0 Å². The molecular formula is C28H60N+. The van der Waals surface area contributed by atoms with Gasteiger partial charge in [-0.1, -0.05) is 124 Å². The molecule has 0 unspecified atom stereocenters. The SMILES string of the molecule is CCCCCCCCCC(CCCCCCCC)(CCCCCCCC)[NH+](C)C. The van der Waals surface area contributed by atoms with E-state index in [2.05, 4.69) is 34.9 Å². The van der Waals surface area contributed by atoms with Crippen LogP contribution in [0.25, 0.3) is 0 Å². The van der Waals surface area contributed by atoms with Crippen molar-refractivity contribution in [3.63, 3.8) is 0 Å². The van der Waals surface area contributed by atoms with Crippen molar-refractivity contribution in [1.82, 2.24) is 0 Å². The molecule has 0 aromatic rings. The largest absolute Gasteiger partial charge is 0.335 e. The van der Waals surface area contributed by atoms with Crippen LogP contribution in [0, 0.1) is 0 Å². The Morgan fingerprint density at radius 1 is 0.379 bits per heavy atom. The Bertz CT molecular complexity index is 293. The highest BCUT2D eigenvalue weighted by Gasteiger charge is 2.34. The Balaban J connectivity index is 4.44. The van der Waals surface area contributed by atoms with E-state index in [1.54, 1.807) is 4.90 Å². The Labute approximate surface area is 186 Å². The second-order valence-corrected chi connectivity index (χ2v) is 10.2. The molecule has 0 saturated heterocycles. The van der Waals surface area contributed by atoms with Crippen LogP contribution >= 0.6 is 0 Å². The minimum atomic E-state index is 0.554. The molecule has 0 atom stereocenters. The topological polar surface area (TPSA) is 4.44 Å². The molecule has 1 N–H and O–H groups in total. The fraction of sp³-hybridized carbons (Fsp3) is 1.00. The van der Waals surface area contributed by atoms with Crippen molar-refractivity contribution in [2.24, 2.45) is 0 Å². The molecule has 176 valence electrons. The predicted molar refractivity (Wildman–Crippen MR) is 134 cm³/mol. The maximum atomic E-state index is 2.45.